The first-order valence-electron chi connectivity index (χ1n) is 5.28. The number of amides is 2. The number of likely N-dealkylation sites (tertiary alicyclic amines) is 1. The van der Waals surface area contributed by atoms with E-state index < -0.39 is 12.0 Å². The number of urea groups is 1. The van der Waals surface area contributed by atoms with Gasteiger partial charge in [0.1, 0.15) is 0 Å². The van der Waals surface area contributed by atoms with Crippen molar-refractivity contribution >= 4 is 12.0 Å². The van der Waals surface area contributed by atoms with E-state index in [1.807, 2.05) is 0 Å². The lowest BCUT2D eigenvalue weighted by atomic mass is 10.1. The molecule has 0 saturated carbocycles. The van der Waals surface area contributed by atoms with Crippen LogP contribution in [0.15, 0.2) is 0 Å². The van der Waals surface area contributed by atoms with Crippen LogP contribution in [0.3, 0.4) is 0 Å². The molecule has 2 amide bonds. The average molecular weight is 213 g/mol. The lowest BCUT2D eigenvalue weighted by Crippen LogP contribution is -2.53. The highest BCUT2D eigenvalue weighted by Crippen LogP contribution is 2.08. The van der Waals surface area contributed by atoms with Crippen LogP contribution in [0.1, 0.15) is 26.7 Å². The number of aliphatic carboxylic acids is 1. The third kappa shape index (κ3) is 3.11. The highest BCUT2D eigenvalue weighted by Gasteiger charge is 2.22. The maximum Gasteiger partial charge on any atom is 0.317 e. The number of rotatable bonds is 3. The summed E-state index contributed by atoms with van der Waals surface area (Å²) in [6.07, 6.45) is 1.98. The Morgan fingerprint density at radius 3 is 2.20 bits per heavy atom. The van der Waals surface area contributed by atoms with E-state index in [1.54, 1.807) is 18.7 Å². The Bertz CT molecular complexity index is 247. The summed E-state index contributed by atoms with van der Waals surface area (Å²) in [5.41, 5.74) is 0. The summed E-state index contributed by atoms with van der Waals surface area (Å²) < 4.78 is 0. The standard InChI is InChI=1S/C10H18N2O3/c1-7(2)8(9(13)14)11-10(15)12-5-3-4-6-12/h7-8H,3-6H2,1-2H3,(H,11,15)(H,13,14)/p-1. The number of carbonyl (C=O) groups excluding carboxylic acids is 2. The van der Waals surface area contributed by atoms with E-state index in [-0.39, 0.29) is 11.9 Å². The molecule has 0 radical (unpaired) electrons. The van der Waals surface area contributed by atoms with Crippen molar-refractivity contribution in [3.8, 4) is 0 Å². The molecule has 0 aliphatic carbocycles. The molecule has 1 heterocycles. The maximum atomic E-state index is 11.6. The van der Waals surface area contributed by atoms with Gasteiger partial charge in [0.2, 0.25) is 0 Å². The number of nitrogens with zero attached hydrogens (tertiary/aromatic N) is 1. The van der Waals surface area contributed by atoms with Gasteiger partial charge in [0.15, 0.2) is 0 Å². The number of carboxylic acid groups (broad SMARTS) is 1. The smallest absolute Gasteiger partial charge is 0.317 e. The lowest BCUT2D eigenvalue weighted by molar-refractivity contribution is -0.309. The molecule has 86 valence electrons. The van der Waals surface area contributed by atoms with Crippen LogP contribution in [-0.2, 0) is 4.79 Å². The van der Waals surface area contributed by atoms with Gasteiger partial charge in [0.25, 0.3) is 0 Å². The van der Waals surface area contributed by atoms with E-state index in [1.165, 1.54) is 0 Å². The molecule has 0 aromatic carbocycles. The van der Waals surface area contributed by atoms with Gasteiger partial charge in [0, 0.05) is 13.1 Å². The fourth-order valence-corrected chi connectivity index (χ4v) is 1.64. The van der Waals surface area contributed by atoms with Crippen molar-refractivity contribution in [3.05, 3.63) is 0 Å². The van der Waals surface area contributed by atoms with E-state index in [0.717, 1.165) is 12.8 Å². The zero-order valence-corrected chi connectivity index (χ0v) is 9.16. The van der Waals surface area contributed by atoms with Crippen LogP contribution in [0, 0.1) is 5.92 Å². The van der Waals surface area contributed by atoms with Gasteiger partial charge in [-0.25, -0.2) is 4.79 Å². The third-order valence-corrected chi connectivity index (χ3v) is 2.59. The van der Waals surface area contributed by atoms with Gasteiger partial charge in [-0.3, -0.25) is 0 Å². The zero-order valence-electron chi connectivity index (χ0n) is 9.16. The van der Waals surface area contributed by atoms with Crippen LogP contribution < -0.4 is 10.4 Å². The first-order chi connectivity index (χ1) is 7.02. The van der Waals surface area contributed by atoms with E-state index in [4.69, 9.17) is 0 Å². The van der Waals surface area contributed by atoms with Gasteiger partial charge in [-0.1, -0.05) is 13.8 Å². The van der Waals surface area contributed by atoms with Crippen LogP contribution in [0.25, 0.3) is 0 Å². The molecule has 1 N–H and O–H groups in total. The Balaban J connectivity index is 2.50. The number of carboxylic acids is 1. The number of hydrogen-bond donors (Lipinski definition) is 1. The molecular formula is C10H17N2O3-. The molecule has 0 spiro atoms. The predicted molar refractivity (Wildman–Crippen MR) is 53.0 cm³/mol. The van der Waals surface area contributed by atoms with E-state index in [0.29, 0.717) is 13.1 Å². The van der Waals surface area contributed by atoms with Crippen LogP contribution in [0.4, 0.5) is 4.79 Å². The van der Waals surface area contributed by atoms with Gasteiger partial charge < -0.3 is 20.1 Å². The second-order valence-corrected chi connectivity index (χ2v) is 4.18. The van der Waals surface area contributed by atoms with Crippen molar-refractivity contribution in [2.24, 2.45) is 5.92 Å². The Labute approximate surface area is 89.4 Å². The Morgan fingerprint density at radius 1 is 1.27 bits per heavy atom. The summed E-state index contributed by atoms with van der Waals surface area (Å²) in [7, 11) is 0. The minimum atomic E-state index is -1.22. The molecule has 15 heavy (non-hydrogen) atoms. The summed E-state index contributed by atoms with van der Waals surface area (Å²) >= 11 is 0. The Morgan fingerprint density at radius 2 is 1.80 bits per heavy atom. The summed E-state index contributed by atoms with van der Waals surface area (Å²) in [5, 5.41) is 13.2. The maximum absolute atomic E-state index is 11.6. The highest BCUT2D eigenvalue weighted by atomic mass is 16.4. The second kappa shape index (κ2) is 5.00. The fourth-order valence-electron chi connectivity index (χ4n) is 1.64. The van der Waals surface area contributed by atoms with Crippen molar-refractivity contribution in [2.45, 2.75) is 32.7 Å². The summed E-state index contributed by atoms with van der Waals surface area (Å²) in [6, 6.07) is -1.20. The van der Waals surface area contributed by atoms with E-state index in [2.05, 4.69) is 5.32 Å². The second-order valence-electron chi connectivity index (χ2n) is 4.18. The molecule has 1 unspecified atom stereocenters. The topological polar surface area (TPSA) is 72.5 Å². The van der Waals surface area contributed by atoms with Crippen molar-refractivity contribution in [1.29, 1.82) is 0 Å². The first-order valence-corrected chi connectivity index (χ1v) is 5.28. The molecule has 1 aliphatic heterocycles. The molecule has 0 aromatic heterocycles. The SMILES string of the molecule is CC(C)C(NC(=O)N1CCCC1)C(=O)[O-]. The van der Waals surface area contributed by atoms with Crippen LogP contribution in [0.2, 0.25) is 0 Å². The summed E-state index contributed by atoms with van der Waals surface area (Å²) in [5.74, 6) is -1.39. The molecule has 5 heteroatoms. The van der Waals surface area contributed by atoms with Crippen molar-refractivity contribution in [2.75, 3.05) is 13.1 Å². The molecule has 1 fully saturated rings. The summed E-state index contributed by atoms with van der Waals surface area (Å²) in [6.45, 7) is 4.91. The summed E-state index contributed by atoms with van der Waals surface area (Å²) in [4.78, 5) is 24.0. The first kappa shape index (κ1) is 11.8. The fraction of sp³-hybridized carbons (Fsp3) is 0.800. The minimum absolute atomic E-state index is 0.165. The average Bonchev–Trinajstić information content (AvgIpc) is 2.65. The molecule has 1 rings (SSSR count). The minimum Gasteiger partial charge on any atom is -0.548 e. The Kier molecular flexibility index (Phi) is 3.94. The van der Waals surface area contributed by atoms with Crippen LogP contribution >= 0.6 is 0 Å². The van der Waals surface area contributed by atoms with Gasteiger partial charge in [-0.2, -0.15) is 0 Å². The van der Waals surface area contributed by atoms with Crippen molar-refractivity contribution in [1.82, 2.24) is 10.2 Å². The molecule has 0 aromatic rings. The van der Waals surface area contributed by atoms with Crippen molar-refractivity contribution < 1.29 is 14.7 Å². The predicted octanol–water partition coefficient (Wildman–Crippen LogP) is -0.434. The van der Waals surface area contributed by atoms with Gasteiger partial charge in [-0.15, -0.1) is 0 Å². The van der Waals surface area contributed by atoms with Crippen LogP contribution in [-0.4, -0.2) is 36.0 Å². The normalized spacial score (nSPS) is 17.9. The molecule has 1 aliphatic rings. The third-order valence-electron chi connectivity index (χ3n) is 2.59. The molecule has 1 saturated heterocycles. The molecule has 0 bridgehead atoms. The van der Waals surface area contributed by atoms with E-state index >= 15 is 0 Å². The number of carbonyl (C=O) groups is 2. The largest absolute Gasteiger partial charge is 0.548 e. The van der Waals surface area contributed by atoms with Gasteiger partial charge >= 0.3 is 6.03 Å². The lowest BCUT2D eigenvalue weighted by Gasteiger charge is -2.26. The number of hydrogen-bond acceptors (Lipinski definition) is 3. The molecular weight excluding hydrogens is 196 g/mol. The Hall–Kier alpha value is -1.26. The van der Waals surface area contributed by atoms with Crippen molar-refractivity contribution in [3.63, 3.8) is 0 Å². The quantitative estimate of drug-likeness (QED) is 0.691. The molecule has 1 atom stereocenters. The van der Waals surface area contributed by atoms with Gasteiger partial charge in [-0.05, 0) is 18.8 Å². The monoisotopic (exact) mass is 213 g/mol. The van der Waals surface area contributed by atoms with Crippen LogP contribution in [0.5, 0.6) is 0 Å². The zero-order chi connectivity index (χ0) is 11.4. The molecule has 5 nitrogen and oxygen atoms in total. The van der Waals surface area contributed by atoms with E-state index in [9.17, 15) is 14.7 Å². The number of nitrogens with one attached hydrogen (secondary N) is 1. The van der Waals surface area contributed by atoms with Gasteiger partial charge in [0.05, 0.1) is 12.0 Å². The highest BCUT2D eigenvalue weighted by molar-refractivity contribution is 5.81.